The van der Waals surface area contributed by atoms with E-state index in [2.05, 4.69) is 15.5 Å². The van der Waals surface area contributed by atoms with Crippen LogP contribution in [0.1, 0.15) is 16.2 Å². The molecule has 1 amide bonds. The average molecular weight is 244 g/mol. The van der Waals surface area contributed by atoms with Gasteiger partial charge in [0, 0.05) is 31.2 Å². The average Bonchev–Trinajstić information content (AvgIpc) is 2.76. The first-order valence-corrected chi connectivity index (χ1v) is 5.67. The van der Waals surface area contributed by atoms with E-state index < -0.39 is 0 Å². The van der Waals surface area contributed by atoms with Crippen molar-refractivity contribution in [2.75, 3.05) is 24.3 Å². The van der Waals surface area contributed by atoms with Crippen LogP contribution in [0.2, 0.25) is 0 Å². The first-order valence-electron chi connectivity index (χ1n) is 5.67. The quantitative estimate of drug-likeness (QED) is 0.868. The molecule has 0 aliphatic carbocycles. The molecular weight excluding hydrogens is 228 g/mol. The van der Waals surface area contributed by atoms with E-state index in [1.807, 2.05) is 50.2 Å². The Morgan fingerprint density at radius 1 is 1.33 bits per heavy atom. The van der Waals surface area contributed by atoms with Crippen LogP contribution in [0.25, 0.3) is 0 Å². The van der Waals surface area contributed by atoms with E-state index in [4.69, 9.17) is 0 Å². The Balaban J connectivity index is 2.14. The van der Waals surface area contributed by atoms with Crippen LogP contribution < -0.4 is 10.2 Å². The minimum atomic E-state index is -0.213. The first-order chi connectivity index (χ1) is 8.56. The lowest BCUT2D eigenvalue weighted by Gasteiger charge is -2.13. The van der Waals surface area contributed by atoms with Gasteiger partial charge in [0.15, 0.2) is 5.69 Å². The van der Waals surface area contributed by atoms with Crippen molar-refractivity contribution in [3.8, 4) is 0 Å². The monoisotopic (exact) mass is 244 g/mol. The number of carbonyl (C=O) groups is 1. The van der Waals surface area contributed by atoms with Crippen molar-refractivity contribution in [1.82, 2.24) is 10.2 Å². The second-order valence-corrected chi connectivity index (χ2v) is 4.34. The molecule has 5 heteroatoms. The van der Waals surface area contributed by atoms with Crippen molar-refractivity contribution in [1.29, 1.82) is 0 Å². The third-order valence-corrected chi connectivity index (χ3v) is 2.56. The minimum Gasteiger partial charge on any atom is -0.378 e. The number of rotatable bonds is 3. The molecule has 5 nitrogen and oxygen atoms in total. The molecule has 2 rings (SSSR count). The molecule has 0 atom stereocenters. The summed E-state index contributed by atoms with van der Waals surface area (Å²) in [6.45, 7) is 1.86. The first kappa shape index (κ1) is 12.2. The molecule has 0 fully saturated rings. The molecule has 0 bridgehead atoms. The maximum absolute atomic E-state index is 11.9. The largest absolute Gasteiger partial charge is 0.378 e. The molecule has 1 aromatic carbocycles. The third kappa shape index (κ3) is 2.68. The number of aryl methyl sites for hydroxylation is 1. The zero-order chi connectivity index (χ0) is 13.1. The van der Waals surface area contributed by atoms with Gasteiger partial charge in [-0.15, -0.1) is 0 Å². The zero-order valence-corrected chi connectivity index (χ0v) is 10.7. The molecule has 1 aromatic heterocycles. The lowest BCUT2D eigenvalue weighted by molar-refractivity contribution is 0.102. The highest BCUT2D eigenvalue weighted by Crippen LogP contribution is 2.17. The van der Waals surface area contributed by atoms with E-state index >= 15 is 0 Å². The van der Waals surface area contributed by atoms with Gasteiger partial charge in [-0.3, -0.25) is 9.89 Å². The summed E-state index contributed by atoms with van der Waals surface area (Å²) in [6.07, 6.45) is 0. The Labute approximate surface area is 106 Å². The number of H-pyrrole nitrogens is 1. The number of nitrogens with zero attached hydrogens (tertiary/aromatic N) is 2. The standard InChI is InChI=1S/C13H16N4O/c1-9-7-12(16-15-9)13(18)14-10-5-4-6-11(8-10)17(2)3/h4-8H,1-3H3,(H,14,18)(H,15,16). The summed E-state index contributed by atoms with van der Waals surface area (Å²) in [4.78, 5) is 13.9. The van der Waals surface area contributed by atoms with Gasteiger partial charge in [0.05, 0.1) is 0 Å². The second-order valence-electron chi connectivity index (χ2n) is 4.34. The minimum absolute atomic E-state index is 0.213. The maximum atomic E-state index is 11.9. The van der Waals surface area contributed by atoms with Crippen LogP contribution in [0.15, 0.2) is 30.3 Å². The number of carbonyl (C=O) groups excluding carboxylic acids is 1. The fourth-order valence-electron chi connectivity index (χ4n) is 1.59. The highest BCUT2D eigenvalue weighted by atomic mass is 16.1. The van der Waals surface area contributed by atoms with Gasteiger partial charge in [-0.1, -0.05) is 6.07 Å². The van der Waals surface area contributed by atoms with Gasteiger partial charge in [-0.2, -0.15) is 5.10 Å². The van der Waals surface area contributed by atoms with Crippen molar-refractivity contribution in [2.24, 2.45) is 0 Å². The molecule has 2 N–H and O–H groups in total. The molecule has 2 aromatic rings. The van der Waals surface area contributed by atoms with E-state index in [0.29, 0.717) is 5.69 Å². The molecule has 0 unspecified atom stereocenters. The summed E-state index contributed by atoms with van der Waals surface area (Å²) in [7, 11) is 3.91. The summed E-state index contributed by atoms with van der Waals surface area (Å²) >= 11 is 0. The van der Waals surface area contributed by atoms with Crippen LogP contribution in [0, 0.1) is 6.92 Å². The predicted octanol–water partition coefficient (Wildman–Crippen LogP) is 2.04. The van der Waals surface area contributed by atoms with E-state index in [1.54, 1.807) is 6.07 Å². The van der Waals surface area contributed by atoms with Gasteiger partial charge in [-0.05, 0) is 31.2 Å². The van der Waals surface area contributed by atoms with Gasteiger partial charge in [-0.25, -0.2) is 0 Å². The number of aromatic amines is 1. The molecular formula is C13H16N4O. The number of benzene rings is 1. The molecule has 18 heavy (non-hydrogen) atoms. The third-order valence-electron chi connectivity index (χ3n) is 2.56. The van der Waals surface area contributed by atoms with Crippen molar-refractivity contribution < 1.29 is 4.79 Å². The fourth-order valence-corrected chi connectivity index (χ4v) is 1.59. The van der Waals surface area contributed by atoms with Crippen LogP contribution in [-0.2, 0) is 0 Å². The lowest BCUT2D eigenvalue weighted by atomic mass is 10.2. The second kappa shape index (κ2) is 4.91. The smallest absolute Gasteiger partial charge is 0.276 e. The SMILES string of the molecule is Cc1cc(C(=O)Nc2cccc(N(C)C)c2)n[nH]1. The molecule has 0 aliphatic rings. The summed E-state index contributed by atoms with van der Waals surface area (Å²) < 4.78 is 0. The maximum Gasteiger partial charge on any atom is 0.276 e. The Bertz CT molecular complexity index is 560. The molecule has 0 aliphatic heterocycles. The van der Waals surface area contributed by atoms with Crippen molar-refractivity contribution in [2.45, 2.75) is 6.92 Å². The van der Waals surface area contributed by atoms with Gasteiger partial charge in [0.25, 0.3) is 5.91 Å². The van der Waals surface area contributed by atoms with E-state index in [9.17, 15) is 4.79 Å². The molecule has 1 heterocycles. The van der Waals surface area contributed by atoms with Crippen LogP contribution in [0.5, 0.6) is 0 Å². The highest BCUT2D eigenvalue weighted by molar-refractivity contribution is 6.03. The number of hydrogen-bond acceptors (Lipinski definition) is 3. The molecule has 94 valence electrons. The fraction of sp³-hybridized carbons (Fsp3) is 0.231. The number of nitrogens with one attached hydrogen (secondary N) is 2. The Morgan fingerprint density at radius 2 is 2.11 bits per heavy atom. The normalized spacial score (nSPS) is 10.2. The number of aromatic nitrogens is 2. The highest BCUT2D eigenvalue weighted by Gasteiger charge is 2.09. The van der Waals surface area contributed by atoms with Crippen LogP contribution in [-0.4, -0.2) is 30.2 Å². The van der Waals surface area contributed by atoms with Crippen molar-refractivity contribution in [3.63, 3.8) is 0 Å². The number of anilines is 2. The van der Waals surface area contributed by atoms with Gasteiger partial charge in [0.1, 0.15) is 0 Å². The number of amides is 1. The van der Waals surface area contributed by atoms with Crippen molar-refractivity contribution in [3.05, 3.63) is 41.7 Å². The number of hydrogen-bond donors (Lipinski definition) is 2. The predicted molar refractivity (Wildman–Crippen MR) is 72.0 cm³/mol. The zero-order valence-electron chi connectivity index (χ0n) is 10.7. The van der Waals surface area contributed by atoms with Crippen LogP contribution >= 0.6 is 0 Å². The molecule has 0 saturated heterocycles. The Morgan fingerprint density at radius 3 is 2.72 bits per heavy atom. The summed E-state index contributed by atoms with van der Waals surface area (Å²) in [5.74, 6) is -0.213. The summed E-state index contributed by atoms with van der Waals surface area (Å²) in [5, 5.41) is 9.49. The van der Waals surface area contributed by atoms with Gasteiger partial charge in [0.2, 0.25) is 0 Å². The Kier molecular flexibility index (Phi) is 3.32. The van der Waals surface area contributed by atoms with Crippen molar-refractivity contribution >= 4 is 17.3 Å². The van der Waals surface area contributed by atoms with Gasteiger partial charge >= 0.3 is 0 Å². The molecule has 0 saturated carbocycles. The van der Waals surface area contributed by atoms with Crippen LogP contribution in [0.3, 0.4) is 0 Å². The lowest BCUT2D eigenvalue weighted by Crippen LogP contribution is -2.13. The molecule has 0 spiro atoms. The summed E-state index contributed by atoms with van der Waals surface area (Å²) in [5.41, 5.74) is 3.04. The summed E-state index contributed by atoms with van der Waals surface area (Å²) in [6, 6.07) is 9.36. The topological polar surface area (TPSA) is 61.0 Å². The van der Waals surface area contributed by atoms with E-state index in [1.165, 1.54) is 0 Å². The van der Waals surface area contributed by atoms with Gasteiger partial charge < -0.3 is 10.2 Å². The van der Waals surface area contributed by atoms with E-state index in [0.717, 1.165) is 17.1 Å². The van der Waals surface area contributed by atoms with E-state index in [-0.39, 0.29) is 5.91 Å². The van der Waals surface area contributed by atoms with Crippen LogP contribution in [0.4, 0.5) is 11.4 Å². The Hall–Kier alpha value is -2.30. The molecule has 0 radical (unpaired) electrons.